The Morgan fingerprint density at radius 2 is 1.57 bits per heavy atom. The van der Waals surface area contributed by atoms with Gasteiger partial charge in [0, 0.05) is 0 Å². The summed E-state index contributed by atoms with van der Waals surface area (Å²) in [4.78, 5) is 0. The van der Waals surface area contributed by atoms with Crippen LogP contribution in [0.4, 0.5) is 0 Å². The molecule has 0 heterocycles. The van der Waals surface area contributed by atoms with Crippen LogP contribution in [0.1, 0.15) is 6.92 Å². The molecule has 0 atom stereocenters. The minimum atomic E-state index is -0.932. The first-order valence-electron chi connectivity index (χ1n) is 2.29. The molecule has 0 bridgehead atoms. The monoisotopic (exact) mass is 116 g/mol. The van der Waals surface area contributed by atoms with Gasteiger partial charge in [-0.15, -0.1) is 0 Å². The summed E-state index contributed by atoms with van der Waals surface area (Å²) in [5.41, 5.74) is 0. The smallest absolute Gasteiger partial charge is 0.0400 e. The number of allylic oxidation sites excluding steroid dienone is 1. The summed E-state index contributed by atoms with van der Waals surface area (Å²) in [6.45, 7) is 9.25. The Bertz CT molecular complexity index is 116. The van der Waals surface area contributed by atoms with Crippen molar-refractivity contribution in [3.63, 3.8) is 0 Å². The van der Waals surface area contributed by atoms with E-state index in [1.807, 2.05) is 6.92 Å². The number of hydrogen-bond acceptors (Lipinski definition) is 0. The molecule has 0 amide bonds. The molecule has 7 heavy (non-hydrogen) atoms. The SMILES string of the molecule is C=C(C)P(=C)(C)C. The fourth-order valence-electron chi connectivity index (χ4n) is 0. The van der Waals surface area contributed by atoms with Crippen LogP contribution in [0, 0.1) is 0 Å². The molecule has 0 aromatic heterocycles. The summed E-state index contributed by atoms with van der Waals surface area (Å²) in [7, 11) is 0. The lowest BCUT2D eigenvalue weighted by Crippen LogP contribution is -1.72. The maximum Gasteiger partial charge on any atom is -0.0400 e. The third-order valence-electron chi connectivity index (χ3n) is 1.03. The van der Waals surface area contributed by atoms with Crippen molar-refractivity contribution >= 4 is 13.2 Å². The molecule has 0 fully saturated rings. The molecule has 0 aliphatic carbocycles. The molecule has 0 nitrogen and oxygen atoms in total. The van der Waals surface area contributed by atoms with Crippen LogP contribution in [0.5, 0.6) is 0 Å². The summed E-state index contributed by atoms with van der Waals surface area (Å²) in [5.74, 6) is 0. The Morgan fingerprint density at radius 3 is 1.57 bits per heavy atom. The lowest BCUT2D eigenvalue weighted by atomic mass is 10.8. The zero-order valence-electron chi connectivity index (χ0n) is 5.36. The van der Waals surface area contributed by atoms with Crippen LogP contribution in [0.25, 0.3) is 0 Å². The largest absolute Gasteiger partial charge is 0.0974 e. The Balaban J connectivity index is 4.09. The van der Waals surface area contributed by atoms with E-state index in [1.54, 1.807) is 0 Å². The summed E-state index contributed by atoms with van der Waals surface area (Å²) in [5, 5.41) is 1.24. The van der Waals surface area contributed by atoms with Gasteiger partial charge in [0.05, 0.1) is 0 Å². The highest BCUT2D eigenvalue weighted by molar-refractivity contribution is 7.76. The van der Waals surface area contributed by atoms with E-state index in [1.165, 1.54) is 5.31 Å². The van der Waals surface area contributed by atoms with Crippen LogP contribution in [-0.2, 0) is 0 Å². The first kappa shape index (κ1) is 7.04. The van der Waals surface area contributed by atoms with Crippen LogP contribution in [-0.4, -0.2) is 19.6 Å². The van der Waals surface area contributed by atoms with Gasteiger partial charge >= 0.3 is 0 Å². The Hall–Kier alpha value is 0.0400. The normalized spacial score (nSPS) is 11.3. The van der Waals surface area contributed by atoms with Crippen LogP contribution < -0.4 is 0 Å². The average Bonchev–Trinajstić information content (AvgIpc) is 1.31. The molecule has 0 aliphatic heterocycles. The molecule has 0 saturated carbocycles. The van der Waals surface area contributed by atoms with Crippen molar-refractivity contribution < 1.29 is 0 Å². The number of hydrogen-bond donors (Lipinski definition) is 0. The fraction of sp³-hybridized carbons (Fsp3) is 0.500. The quantitative estimate of drug-likeness (QED) is 0.461. The highest BCUT2D eigenvalue weighted by Crippen LogP contribution is 2.43. The van der Waals surface area contributed by atoms with E-state index in [-0.39, 0.29) is 0 Å². The fourth-order valence-corrected chi connectivity index (χ4v) is 0. The third kappa shape index (κ3) is 2.70. The topological polar surface area (TPSA) is 0 Å². The zero-order chi connectivity index (χ0) is 6.08. The molecular formula is C6H13P. The minimum Gasteiger partial charge on any atom is -0.0974 e. The van der Waals surface area contributed by atoms with Crippen LogP contribution in [0.2, 0.25) is 0 Å². The van der Waals surface area contributed by atoms with E-state index >= 15 is 0 Å². The van der Waals surface area contributed by atoms with Gasteiger partial charge in [0.15, 0.2) is 0 Å². The second kappa shape index (κ2) is 1.88. The van der Waals surface area contributed by atoms with Gasteiger partial charge < -0.3 is 0 Å². The summed E-state index contributed by atoms with van der Waals surface area (Å²) >= 11 is 0. The standard InChI is InChI=1S/C6H13P/c1-6(2)7(3,4)5/h1,3H2,2,4-5H3. The first-order valence-corrected chi connectivity index (χ1v) is 5.16. The van der Waals surface area contributed by atoms with Crippen molar-refractivity contribution in [1.29, 1.82) is 0 Å². The second-order valence-electron chi connectivity index (χ2n) is 2.42. The first-order chi connectivity index (χ1) is 2.94. The van der Waals surface area contributed by atoms with E-state index in [4.69, 9.17) is 0 Å². The zero-order valence-corrected chi connectivity index (χ0v) is 6.26. The molecule has 0 radical (unpaired) electrons. The van der Waals surface area contributed by atoms with Crippen molar-refractivity contribution in [2.24, 2.45) is 0 Å². The molecule has 0 rings (SSSR count). The predicted octanol–water partition coefficient (Wildman–Crippen LogP) is 2.23. The minimum absolute atomic E-state index is 0.932. The molecular weight excluding hydrogens is 103 g/mol. The van der Waals surface area contributed by atoms with Gasteiger partial charge in [0.2, 0.25) is 0 Å². The predicted molar refractivity (Wildman–Crippen MR) is 40.7 cm³/mol. The second-order valence-corrected chi connectivity index (χ2v) is 6.55. The third-order valence-corrected chi connectivity index (χ3v) is 3.10. The highest BCUT2D eigenvalue weighted by Gasteiger charge is 1.95. The average molecular weight is 116 g/mol. The molecule has 0 aliphatic rings. The van der Waals surface area contributed by atoms with Gasteiger partial charge in [-0.25, -0.2) is 0 Å². The van der Waals surface area contributed by atoms with Crippen molar-refractivity contribution in [2.45, 2.75) is 6.92 Å². The van der Waals surface area contributed by atoms with Gasteiger partial charge in [-0.3, -0.25) is 0 Å². The van der Waals surface area contributed by atoms with E-state index in [0.717, 1.165) is 0 Å². The van der Waals surface area contributed by atoms with Gasteiger partial charge in [-0.05, 0) is 20.3 Å². The van der Waals surface area contributed by atoms with Gasteiger partial charge in [0.1, 0.15) is 0 Å². The summed E-state index contributed by atoms with van der Waals surface area (Å²) in [6.07, 6.45) is 3.98. The van der Waals surface area contributed by atoms with E-state index in [0.29, 0.717) is 0 Å². The number of rotatable bonds is 1. The molecule has 0 aromatic rings. The van der Waals surface area contributed by atoms with Crippen molar-refractivity contribution in [1.82, 2.24) is 0 Å². The van der Waals surface area contributed by atoms with E-state index < -0.39 is 6.89 Å². The summed E-state index contributed by atoms with van der Waals surface area (Å²) < 4.78 is 0. The molecule has 0 saturated heterocycles. The lowest BCUT2D eigenvalue weighted by Gasteiger charge is -2.09. The molecule has 0 unspecified atom stereocenters. The van der Waals surface area contributed by atoms with Crippen molar-refractivity contribution in [2.75, 3.05) is 13.3 Å². The Morgan fingerprint density at radius 1 is 1.43 bits per heavy atom. The van der Waals surface area contributed by atoms with Crippen molar-refractivity contribution in [3.8, 4) is 0 Å². The van der Waals surface area contributed by atoms with Crippen LogP contribution >= 0.6 is 6.89 Å². The molecule has 0 spiro atoms. The molecule has 1 heteroatoms. The Kier molecular flexibility index (Phi) is 1.89. The van der Waals surface area contributed by atoms with Crippen LogP contribution in [0.15, 0.2) is 11.9 Å². The lowest BCUT2D eigenvalue weighted by molar-refractivity contribution is 1.69. The van der Waals surface area contributed by atoms with Gasteiger partial charge in [0.25, 0.3) is 0 Å². The summed E-state index contributed by atoms with van der Waals surface area (Å²) in [6, 6.07) is 0. The maximum atomic E-state index is 3.98. The Labute approximate surface area is 46.2 Å². The van der Waals surface area contributed by atoms with Gasteiger partial charge in [-0.1, -0.05) is 25.1 Å². The molecule has 0 aromatic carbocycles. The maximum absolute atomic E-state index is 3.98. The molecule has 42 valence electrons. The van der Waals surface area contributed by atoms with Crippen molar-refractivity contribution in [3.05, 3.63) is 11.9 Å². The van der Waals surface area contributed by atoms with Crippen LogP contribution in [0.3, 0.4) is 0 Å². The molecule has 0 N–H and O–H groups in total. The van der Waals surface area contributed by atoms with E-state index in [9.17, 15) is 0 Å². The van der Waals surface area contributed by atoms with Gasteiger partial charge in [-0.2, -0.15) is 0 Å². The highest BCUT2D eigenvalue weighted by atomic mass is 31.2. The van der Waals surface area contributed by atoms with E-state index in [2.05, 4.69) is 26.2 Å².